The number of carbonyl (C=O) groups excluding carboxylic acids is 1. The smallest absolute Gasteiger partial charge is 0.269 e. The van der Waals surface area contributed by atoms with Crippen LogP contribution < -0.4 is 0 Å². The Bertz CT molecular complexity index is 485. The van der Waals surface area contributed by atoms with Crippen LogP contribution in [0.5, 0.6) is 0 Å². The average molecular weight is 306 g/mol. The lowest BCUT2D eigenvalue weighted by atomic mass is 9.98. The molecule has 0 aromatic heterocycles. The molecule has 0 saturated heterocycles. The predicted octanol–water partition coefficient (Wildman–Crippen LogP) is 4.27. The maximum absolute atomic E-state index is 12.5. The van der Waals surface area contributed by atoms with Crippen LogP contribution >= 0.6 is 0 Å². The quantitative estimate of drug-likeness (QED) is 0.505. The lowest BCUT2D eigenvalue weighted by molar-refractivity contribution is -0.384. The van der Waals surface area contributed by atoms with Gasteiger partial charge in [-0.15, -0.1) is 0 Å². The van der Waals surface area contributed by atoms with Crippen LogP contribution in [0.3, 0.4) is 0 Å². The van der Waals surface area contributed by atoms with E-state index in [1.165, 1.54) is 37.1 Å². The lowest BCUT2D eigenvalue weighted by Crippen LogP contribution is -2.35. The summed E-state index contributed by atoms with van der Waals surface area (Å²) in [5, 5.41) is 10.7. The molecule has 0 radical (unpaired) electrons. The molecule has 0 bridgehead atoms. The van der Waals surface area contributed by atoms with E-state index in [0.29, 0.717) is 18.0 Å². The molecule has 22 heavy (non-hydrogen) atoms. The predicted molar refractivity (Wildman–Crippen MR) is 88.0 cm³/mol. The van der Waals surface area contributed by atoms with Crippen molar-refractivity contribution in [1.82, 2.24) is 4.90 Å². The van der Waals surface area contributed by atoms with Gasteiger partial charge >= 0.3 is 0 Å². The first-order valence-electron chi connectivity index (χ1n) is 8.07. The van der Waals surface area contributed by atoms with E-state index in [1.807, 2.05) is 11.8 Å². The Labute approximate surface area is 132 Å². The molecule has 1 atom stereocenters. The van der Waals surface area contributed by atoms with Crippen LogP contribution in [0.1, 0.15) is 56.8 Å². The van der Waals surface area contributed by atoms with Crippen LogP contribution in [-0.4, -0.2) is 28.8 Å². The van der Waals surface area contributed by atoms with E-state index < -0.39 is 4.92 Å². The summed E-state index contributed by atoms with van der Waals surface area (Å²) >= 11 is 0. The number of amides is 1. The molecule has 0 fully saturated rings. The number of unbranched alkanes of at least 4 members (excludes halogenated alkanes) is 1. The summed E-state index contributed by atoms with van der Waals surface area (Å²) in [6.45, 7) is 7.70. The Hall–Kier alpha value is -1.91. The number of rotatable bonds is 9. The summed E-state index contributed by atoms with van der Waals surface area (Å²) in [7, 11) is 0. The largest absolute Gasteiger partial charge is 0.339 e. The number of hydrogen-bond donors (Lipinski definition) is 0. The van der Waals surface area contributed by atoms with Crippen LogP contribution in [0.4, 0.5) is 5.69 Å². The molecule has 0 saturated carbocycles. The maximum atomic E-state index is 12.5. The van der Waals surface area contributed by atoms with Crippen molar-refractivity contribution in [3.63, 3.8) is 0 Å². The minimum atomic E-state index is -0.455. The molecule has 1 unspecified atom stereocenters. The summed E-state index contributed by atoms with van der Waals surface area (Å²) < 4.78 is 0. The van der Waals surface area contributed by atoms with Gasteiger partial charge in [-0.25, -0.2) is 0 Å². The van der Waals surface area contributed by atoms with E-state index in [4.69, 9.17) is 0 Å². The monoisotopic (exact) mass is 306 g/mol. The molecule has 0 aliphatic carbocycles. The van der Waals surface area contributed by atoms with Crippen molar-refractivity contribution in [3.05, 3.63) is 39.9 Å². The minimum Gasteiger partial charge on any atom is -0.339 e. The van der Waals surface area contributed by atoms with Crippen LogP contribution in [0.2, 0.25) is 0 Å². The van der Waals surface area contributed by atoms with Gasteiger partial charge in [-0.2, -0.15) is 0 Å². The zero-order valence-corrected chi connectivity index (χ0v) is 13.7. The van der Waals surface area contributed by atoms with Gasteiger partial charge in [0.15, 0.2) is 0 Å². The number of non-ortho nitro benzene ring substituents is 1. The van der Waals surface area contributed by atoms with E-state index in [0.717, 1.165) is 19.4 Å². The van der Waals surface area contributed by atoms with Crippen LogP contribution in [0, 0.1) is 16.0 Å². The first-order valence-corrected chi connectivity index (χ1v) is 8.07. The third-order valence-electron chi connectivity index (χ3n) is 4.02. The maximum Gasteiger partial charge on any atom is 0.269 e. The van der Waals surface area contributed by atoms with Crippen molar-refractivity contribution >= 4 is 11.6 Å². The fraction of sp³-hybridized carbons (Fsp3) is 0.588. The van der Waals surface area contributed by atoms with Crippen molar-refractivity contribution in [3.8, 4) is 0 Å². The third-order valence-corrected chi connectivity index (χ3v) is 4.02. The van der Waals surface area contributed by atoms with Gasteiger partial charge in [0.1, 0.15) is 0 Å². The molecular formula is C17H26N2O3. The van der Waals surface area contributed by atoms with Crippen molar-refractivity contribution in [2.45, 2.75) is 46.5 Å². The molecule has 5 heteroatoms. The second-order valence-corrected chi connectivity index (χ2v) is 5.56. The summed E-state index contributed by atoms with van der Waals surface area (Å²) in [5.41, 5.74) is 0.520. The number of benzene rings is 1. The zero-order chi connectivity index (χ0) is 16.5. The summed E-state index contributed by atoms with van der Waals surface area (Å²) in [6, 6.07) is 5.84. The standard InChI is InChI=1S/C17H26N2O3/c1-4-7-8-14(5-2)13-18(6-3)17(20)15-9-11-16(12-10-15)19(21)22/h9-12,14H,4-8,13H2,1-3H3. The topological polar surface area (TPSA) is 63.5 Å². The van der Waals surface area contributed by atoms with Crippen molar-refractivity contribution in [2.75, 3.05) is 13.1 Å². The van der Waals surface area contributed by atoms with E-state index in [2.05, 4.69) is 13.8 Å². The Kier molecular flexibility index (Phi) is 7.57. The fourth-order valence-corrected chi connectivity index (χ4v) is 2.49. The number of carbonyl (C=O) groups is 1. The van der Waals surface area contributed by atoms with Gasteiger partial charge in [0, 0.05) is 30.8 Å². The van der Waals surface area contributed by atoms with E-state index >= 15 is 0 Å². The normalized spacial score (nSPS) is 12.0. The average Bonchev–Trinajstić information content (AvgIpc) is 2.54. The molecule has 1 aromatic rings. The molecule has 1 rings (SSSR count). The summed E-state index contributed by atoms with van der Waals surface area (Å²) in [5.74, 6) is 0.467. The Morgan fingerprint density at radius 1 is 1.23 bits per heavy atom. The van der Waals surface area contributed by atoms with Crippen molar-refractivity contribution in [1.29, 1.82) is 0 Å². The van der Waals surface area contributed by atoms with Gasteiger partial charge in [0.05, 0.1) is 4.92 Å². The van der Waals surface area contributed by atoms with Gasteiger partial charge in [-0.1, -0.05) is 33.1 Å². The van der Waals surface area contributed by atoms with Gasteiger partial charge in [-0.3, -0.25) is 14.9 Å². The highest BCUT2D eigenvalue weighted by molar-refractivity contribution is 5.94. The van der Waals surface area contributed by atoms with Crippen LogP contribution in [0.15, 0.2) is 24.3 Å². The van der Waals surface area contributed by atoms with Crippen molar-refractivity contribution < 1.29 is 9.72 Å². The molecule has 0 spiro atoms. The number of nitro groups is 1. The first kappa shape index (κ1) is 18.1. The second kappa shape index (κ2) is 9.18. The fourth-order valence-electron chi connectivity index (χ4n) is 2.49. The number of hydrogen-bond acceptors (Lipinski definition) is 3. The summed E-state index contributed by atoms with van der Waals surface area (Å²) in [6.07, 6.45) is 4.54. The third kappa shape index (κ3) is 5.13. The van der Waals surface area contributed by atoms with Crippen molar-refractivity contribution in [2.24, 2.45) is 5.92 Å². The van der Waals surface area contributed by atoms with Gasteiger partial charge in [0.25, 0.3) is 11.6 Å². The first-order chi connectivity index (χ1) is 10.5. The number of nitrogens with zero attached hydrogens (tertiary/aromatic N) is 2. The molecule has 5 nitrogen and oxygen atoms in total. The van der Waals surface area contributed by atoms with E-state index in [1.54, 1.807) is 0 Å². The SMILES string of the molecule is CCCCC(CC)CN(CC)C(=O)c1ccc([N+](=O)[O-])cc1. The summed E-state index contributed by atoms with van der Waals surface area (Å²) in [4.78, 5) is 24.6. The molecule has 122 valence electrons. The molecule has 1 aromatic carbocycles. The highest BCUT2D eigenvalue weighted by Crippen LogP contribution is 2.17. The lowest BCUT2D eigenvalue weighted by Gasteiger charge is -2.26. The van der Waals surface area contributed by atoms with Crippen LogP contribution in [0.25, 0.3) is 0 Å². The zero-order valence-electron chi connectivity index (χ0n) is 13.7. The van der Waals surface area contributed by atoms with E-state index in [-0.39, 0.29) is 11.6 Å². The van der Waals surface area contributed by atoms with Gasteiger partial charge in [0.2, 0.25) is 0 Å². The minimum absolute atomic E-state index is 0.00831. The number of nitro benzene ring substituents is 1. The van der Waals surface area contributed by atoms with E-state index in [9.17, 15) is 14.9 Å². The van der Waals surface area contributed by atoms with Crippen LogP contribution in [-0.2, 0) is 0 Å². The molecule has 1 amide bonds. The highest BCUT2D eigenvalue weighted by atomic mass is 16.6. The molecule has 0 N–H and O–H groups in total. The molecule has 0 aliphatic rings. The molecular weight excluding hydrogens is 280 g/mol. The molecule has 0 heterocycles. The Balaban J connectivity index is 2.76. The van der Waals surface area contributed by atoms with Gasteiger partial charge in [-0.05, 0) is 31.4 Å². The highest BCUT2D eigenvalue weighted by Gasteiger charge is 2.18. The van der Waals surface area contributed by atoms with Gasteiger partial charge < -0.3 is 4.90 Å². The Morgan fingerprint density at radius 3 is 2.32 bits per heavy atom. The Morgan fingerprint density at radius 2 is 1.86 bits per heavy atom. The molecule has 0 aliphatic heterocycles. The second-order valence-electron chi connectivity index (χ2n) is 5.56.